The first-order chi connectivity index (χ1) is 10.6. The van der Waals surface area contributed by atoms with Gasteiger partial charge in [-0.3, -0.25) is 9.52 Å². The first-order valence-corrected chi connectivity index (χ1v) is 8.39. The first kappa shape index (κ1) is 16.9. The van der Waals surface area contributed by atoms with Crippen LogP contribution < -0.4 is 14.2 Å². The van der Waals surface area contributed by atoms with Gasteiger partial charge in [-0.2, -0.15) is 0 Å². The summed E-state index contributed by atoms with van der Waals surface area (Å²) < 4.78 is 40.5. The van der Waals surface area contributed by atoms with Crippen molar-refractivity contribution in [3.8, 4) is 11.5 Å². The molecule has 0 aliphatic carbocycles. The van der Waals surface area contributed by atoms with E-state index in [1.807, 2.05) is 4.72 Å². The predicted octanol–water partition coefficient (Wildman–Crippen LogP) is 0.795. The molecule has 0 fully saturated rings. The summed E-state index contributed by atoms with van der Waals surface area (Å²) >= 11 is 0. The van der Waals surface area contributed by atoms with Crippen LogP contribution >= 0.6 is 0 Å². The third-order valence-electron chi connectivity index (χ3n) is 3.36. The van der Waals surface area contributed by atoms with E-state index in [1.165, 1.54) is 21.1 Å². The number of carbonyl (C=O) groups is 1. The molecule has 8 nitrogen and oxygen atoms in total. The predicted molar refractivity (Wildman–Crippen MR) is 80.6 cm³/mol. The van der Waals surface area contributed by atoms with E-state index < -0.39 is 33.0 Å². The first-order valence-electron chi connectivity index (χ1n) is 6.50. The Morgan fingerprint density at radius 2 is 1.91 bits per heavy atom. The molecule has 9 heteroatoms. The number of aliphatic hydroxyl groups is 1. The van der Waals surface area contributed by atoms with Crippen LogP contribution in [0, 0.1) is 0 Å². The molecule has 2 N–H and O–H groups in total. The second-order valence-electron chi connectivity index (χ2n) is 5.06. The summed E-state index contributed by atoms with van der Waals surface area (Å²) in [4.78, 5) is 12.4. The summed E-state index contributed by atoms with van der Waals surface area (Å²) in [5.41, 5.74) is -1.36. The number of nitrogens with one attached hydrogen (secondary N) is 1. The molecule has 1 aliphatic heterocycles. The number of methoxy groups -OCH3 is 2. The summed E-state index contributed by atoms with van der Waals surface area (Å²) in [6.07, 6.45) is 0.878. The Morgan fingerprint density at radius 1 is 1.26 bits per heavy atom. The van der Waals surface area contributed by atoms with Gasteiger partial charge >= 0.3 is 0 Å². The van der Waals surface area contributed by atoms with Crippen LogP contribution in [0.25, 0.3) is 0 Å². The molecule has 0 amide bonds. The van der Waals surface area contributed by atoms with Crippen molar-refractivity contribution in [1.29, 1.82) is 0 Å². The Labute approximate surface area is 133 Å². The molecule has 1 heterocycles. The quantitative estimate of drug-likeness (QED) is 0.813. The van der Waals surface area contributed by atoms with Gasteiger partial charge in [0.25, 0.3) is 5.78 Å². The summed E-state index contributed by atoms with van der Waals surface area (Å²) in [7, 11) is -0.892. The number of hydrogen-bond acceptors (Lipinski definition) is 7. The van der Waals surface area contributed by atoms with Gasteiger partial charge in [0, 0.05) is 5.56 Å². The van der Waals surface area contributed by atoms with Crippen molar-refractivity contribution in [2.45, 2.75) is 12.5 Å². The Morgan fingerprint density at radius 3 is 2.43 bits per heavy atom. The molecule has 0 spiro atoms. The van der Waals surface area contributed by atoms with E-state index in [2.05, 4.69) is 0 Å². The molecule has 0 saturated carbocycles. The summed E-state index contributed by atoms with van der Waals surface area (Å²) in [5.74, 6) is -1.51. The minimum atomic E-state index is -3.73. The fourth-order valence-corrected chi connectivity index (χ4v) is 2.78. The van der Waals surface area contributed by atoms with Crippen LogP contribution in [0.1, 0.15) is 12.5 Å². The molecule has 1 atom stereocenters. The summed E-state index contributed by atoms with van der Waals surface area (Å²) in [6, 6.07) is 4.82. The molecule has 1 aliphatic rings. The number of para-hydroxylation sites is 1. The van der Waals surface area contributed by atoms with E-state index in [9.17, 15) is 18.3 Å². The van der Waals surface area contributed by atoms with Crippen LogP contribution in [0.3, 0.4) is 0 Å². The molecule has 0 bridgehead atoms. The number of hydrogen-bond donors (Lipinski definition) is 2. The van der Waals surface area contributed by atoms with E-state index >= 15 is 0 Å². The maximum atomic E-state index is 12.4. The van der Waals surface area contributed by atoms with Crippen LogP contribution in [0.4, 0.5) is 0 Å². The van der Waals surface area contributed by atoms with Crippen molar-refractivity contribution in [2.24, 2.45) is 0 Å². The topological polar surface area (TPSA) is 111 Å². The summed E-state index contributed by atoms with van der Waals surface area (Å²) in [6.45, 7) is 1.40. The number of Topliss-reactive ketones (excluding diaryl/α,β-unsaturated/α-hetero) is 1. The van der Waals surface area contributed by atoms with E-state index in [-0.39, 0.29) is 5.75 Å². The van der Waals surface area contributed by atoms with Gasteiger partial charge in [-0.05, 0) is 13.0 Å². The number of ketones is 1. The van der Waals surface area contributed by atoms with Gasteiger partial charge in [-0.25, -0.2) is 8.42 Å². The average Bonchev–Trinajstić information content (AvgIpc) is 2.69. The SMILES string of the molecule is COc1cccc(C2(C)OC(NS(C)(=O)=O)=C(O)C2=O)c1OC. The lowest BCUT2D eigenvalue weighted by Gasteiger charge is -2.26. The highest BCUT2D eigenvalue weighted by Gasteiger charge is 2.50. The number of rotatable bonds is 5. The normalized spacial score (nSPS) is 21.1. The van der Waals surface area contributed by atoms with E-state index in [0.717, 1.165) is 6.26 Å². The lowest BCUT2D eigenvalue weighted by Crippen LogP contribution is -2.32. The smallest absolute Gasteiger partial charge is 0.250 e. The van der Waals surface area contributed by atoms with E-state index in [1.54, 1.807) is 18.2 Å². The average molecular weight is 343 g/mol. The van der Waals surface area contributed by atoms with Gasteiger partial charge < -0.3 is 19.3 Å². The largest absolute Gasteiger partial charge is 0.501 e. The highest BCUT2D eigenvalue weighted by atomic mass is 32.2. The lowest BCUT2D eigenvalue weighted by molar-refractivity contribution is -0.131. The van der Waals surface area contributed by atoms with E-state index in [0.29, 0.717) is 11.3 Å². The number of benzene rings is 1. The second kappa shape index (κ2) is 5.65. The highest BCUT2D eigenvalue weighted by Crippen LogP contribution is 2.44. The third kappa shape index (κ3) is 2.91. The van der Waals surface area contributed by atoms with Crippen molar-refractivity contribution >= 4 is 15.8 Å². The number of carbonyl (C=O) groups excluding carboxylic acids is 1. The molecule has 0 aromatic heterocycles. The maximum absolute atomic E-state index is 12.4. The molecular formula is C14H17NO7S. The number of sulfonamides is 1. The Kier molecular flexibility index (Phi) is 4.16. The zero-order chi connectivity index (χ0) is 17.4. The van der Waals surface area contributed by atoms with Crippen molar-refractivity contribution in [1.82, 2.24) is 4.72 Å². The zero-order valence-electron chi connectivity index (χ0n) is 13.0. The van der Waals surface area contributed by atoms with Crippen LogP contribution in [-0.2, 0) is 25.2 Å². The molecule has 126 valence electrons. The Bertz CT molecular complexity index is 784. The van der Waals surface area contributed by atoms with Gasteiger partial charge in [-0.1, -0.05) is 12.1 Å². The van der Waals surface area contributed by atoms with Gasteiger partial charge in [0.05, 0.1) is 20.5 Å². The lowest BCUT2D eigenvalue weighted by atomic mass is 9.90. The molecule has 23 heavy (non-hydrogen) atoms. The summed E-state index contributed by atoms with van der Waals surface area (Å²) in [5, 5.41) is 9.91. The zero-order valence-corrected chi connectivity index (χ0v) is 13.9. The molecule has 0 radical (unpaired) electrons. The van der Waals surface area contributed by atoms with Gasteiger partial charge in [0.15, 0.2) is 11.5 Å². The molecule has 2 rings (SSSR count). The van der Waals surface area contributed by atoms with E-state index in [4.69, 9.17) is 14.2 Å². The van der Waals surface area contributed by atoms with Gasteiger partial charge in [0.2, 0.25) is 27.3 Å². The molecule has 1 aromatic rings. The van der Waals surface area contributed by atoms with Crippen molar-refractivity contribution in [3.63, 3.8) is 0 Å². The van der Waals surface area contributed by atoms with Crippen LogP contribution in [-0.4, -0.2) is 39.8 Å². The fourth-order valence-electron chi connectivity index (χ4n) is 2.31. The van der Waals surface area contributed by atoms with Crippen LogP contribution in [0.2, 0.25) is 0 Å². The van der Waals surface area contributed by atoms with Crippen LogP contribution in [0.5, 0.6) is 11.5 Å². The van der Waals surface area contributed by atoms with Gasteiger partial charge in [-0.15, -0.1) is 0 Å². The molecule has 1 aromatic carbocycles. The molecule has 0 saturated heterocycles. The van der Waals surface area contributed by atoms with Crippen molar-refractivity contribution in [2.75, 3.05) is 20.5 Å². The highest BCUT2D eigenvalue weighted by molar-refractivity contribution is 7.88. The Balaban J connectivity index is 2.52. The van der Waals surface area contributed by atoms with Crippen LogP contribution in [0.15, 0.2) is 29.8 Å². The fraction of sp³-hybridized carbons (Fsp3) is 0.357. The third-order valence-corrected chi connectivity index (χ3v) is 3.92. The Hall–Kier alpha value is -2.42. The van der Waals surface area contributed by atoms with Crippen molar-refractivity contribution < 1.29 is 32.5 Å². The van der Waals surface area contributed by atoms with Crippen molar-refractivity contribution in [3.05, 3.63) is 35.4 Å². The minimum Gasteiger partial charge on any atom is -0.501 e. The molecule has 1 unspecified atom stereocenters. The monoisotopic (exact) mass is 343 g/mol. The maximum Gasteiger partial charge on any atom is 0.250 e. The number of aliphatic hydroxyl groups excluding tert-OH is 1. The minimum absolute atomic E-state index is 0.249. The number of ether oxygens (including phenoxy) is 3. The standard InChI is InChI=1S/C14H17NO7S/c1-14(8-6-5-7-9(20-2)11(8)21-3)12(17)10(16)13(22-14)15-23(4,18)19/h5-7,15-16H,1-4H3. The molecular weight excluding hydrogens is 326 g/mol. The second-order valence-corrected chi connectivity index (χ2v) is 6.81. The van der Waals surface area contributed by atoms with Gasteiger partial charge in [0.1, 0.15) is 0 Å².